The van der Waals surface area contributed by atoms with E-state index < -0.39 is 34.6 Å². The molecule has 0 aliphatic heterocycles. The second-order valence-electron chi connectivity index (χ2n) is 7.88. The summed E-state index contributed by atoms with van der Waals surface area (Å²) >= 11 is 0. The van der Waals surface area contributed by atoms with E-state index in [9.17, 15) is 26.4 Å². The molecule has 2 N–H and O–H groups in total. The molecule has 1 aliphatic rings. The zero-order valence-electron chi connectivity index (χ0n) is 17.7. The lowest BCUT2D eigenvalue weighted by molar-refractivity contribution is -0.274. The van der Waals surface area contributed by atoms with Crippen LogP contribution in [0.4, 0.5) is 18.9 Å². The number of nitrogens with zero attached hydrogens (tertiary/aromatic N) is 1. The Labute approximate surface area is 188 Å². The molecule has 1 aliphatic carbocycles. The van der Waals surface area contributed by atoms with Gasteiger partial charge in [-0.15, -0.1) is 13.2 Å². The zero-order valence-corrected chi connectivity index (χ0v) is 18.5. The van der Waals surface area contributed by atoms with Crippen LogP contribution in [0, 0.1) is 0 Å². The number of amides is 1. The number of halogens is 3. The van der Waals surface area contributed by atoms with E-state index in [1.165, 1.54) is 25.2 Å². The third-order valence-corrected chi connectivity index (χ3v) is 7.32. The fourth-order valence-electron chi connectivity index (χ4n) is 3.95. The van der Waals surface area contributed by atoms with Crippen LogP contribution in [0.3, 0.4) is 0 Å². The first kappa shape index (κ1) is 23.1. The van der Waals surface area contributed by atoms with Gasteiger partial charge in [0.2, 0.25) is 15.9 Å². The van der Waals surface area contributed by atoms with Crippen LogP contribution < -0.4 is 10.1 Å². The van der Waals surface area contributed by atoms with Crippen molar-refractivity contribution in [3.05, 3.63) is 53.7 Å². The number of alkyl halides is 3. The van der Waals surface area contributed by atoms with E-state index in [1.807, 2.05) is 0 Å². The number of aromatic amines is 1. The average molecular weight is 481 g/mol. The van der Waals surface area contributed by atoms with Crippen LogP contribution in [0.5, 0.6) is 5.75 Å². The van der Waals surface area contributed by atoms with Crippen LogP contribution in [-0.2, 0) is 27.7 Å². The predicted molar refractivity (Wildman–Crippen MR) is 117 cm³/mol. The van der Waals surface area contributed by atoms with Crippen LogP contribution in [0.2, 0.25) is 0 Å². The lowest BCUT2D eigenvalue weighted by Gasteiger charge is -2.17. The minimum atomic E-state index is -4.81. The van der Waals surface area contributed by atoms with Crippen LogP contribution in [0.1, 0.15) is 24.1 Å². The second-order valence-corrected chi connectivity index (χ2v) is 9.92. The van der Waals surface area contributed by atoms with Gasteiger partial charge in [-0.05, 0) is 73.7 Å². The summed E-state index contributed by atoms with van der Waals surface area (Å²) in [7, 11) is -2.64. The number of likely N-dealkylation sites (N-methyl/N-ethyl adjacent to an activating group) is 1. The van der Waals surface area contributed by atoms with Gasteiger partial charge >= 0.3 is 6.36 Å². The number of rotatable bonds is 6. The Morgan fingerprint density at radius 3 is 2.52 bits per heavy atom. The van der Waals surface area contributed by atoms with Gasteiger partial charge in [0.25, 0.3) is 0 Å². The molecule has 0 saturated carbocycles. The van der Waals surface area contributed by atoms with Crippen molar-refractivity contribution in [1.82, 2.24) is 9.29 Å². The SMILES string of the molecule is CN(CC(=O)Nc1ccc(OC(F)(F)F)cc1)S(=O)(=O)c1ccc2[nH]c3c(c2c1)CCCC3. The number of hydrogen-bond acceptors (Lipinski definition) is 4. The first-order chi connectivity index (χ1) is 15.5. The third kappa shape index (κ3) is 5.14. The van der Waals surface area contributed by atoms with Gasteiger partial charge in [0, 0.05) is 29.3 Å². The Morgan fingerprint density at radius 2 is 1.82 bits per heavy atom. The summed E-state index contributed by atoms with van der Waals surface area (Å²) in [5.41, 5.74) is 3.39. The normalized spacial score (nSPS) is 14.3. The van der Waals surface area contributed by atoms with Gasteiger partial charge in [0.15, 0.2) is 0 Å². The van der Waals surface area contributed by atoms with Crippen molar-refractivity contribution in [2.45, 2.75) is 36.9 Å². The molecule has 0 radical (unpaired) electrons. The minimum Gasteiger partial charge on any atom is -0.406 e. The Hall–Kier alpha value is -3.05. The summed E-state index contributed by atoms with van der Waals surface area (Å²) in [6.45, 7) is -0.466. The maximum Gasteiger partial charge on any atom is 0.573 e. The molecule has 11 heteroatoms. The Bertz CT molecular complexity index is 1280. The molecule has 0 spiro atoms. The third-order valence-electron chi connectivity index (χ3n) is 5.52. The molecule has 33 heavy (non-hydrogen) atoms. The number of carbonyl (C=O) groups excluding carboxylic acids is 1. The summed E-state index contributed by atoms with van der Waals surface area (Å²) in [5.74, 6) is -1.06. The van der Waals surface area contributed by atoms with Crippen molar-refractivity contribution >= 4 is 32.5 Å². The summed E-state index contributed by atoms with van der Waals surface area (Å²) in [5, 5.41) is 3.35. The molecule has 3 aromatic rings. The standard InChI is InChI=1S/C22H22F3N3O4S/c1-28(13-21(29)26-14-6-8-15(9-7-14)32-22(23,24)25)33(30,31)16-10-11-20-18(12-16)17-4-2-3-5-19(17)27-20/h6-12,27H,2-5,13H2,1H3,(H,26,29). The van der Waals surface area contributed by atoms with Crippen molar-refractivity contribution in [3.63, 3.8) is 0 Å². The topological polar surface area (TPSA) is 91.5 Å². The molecule has 4 rings (SSSR count). The molecule has 1 aromatic heterocycles. The van der Waals surface area contributed by atoms with Crippen LogP contribution in [0.25, 0.3) is 10.9 Å². The van der Waals surface area contributed by atoms with Gasteiger partial charge in [-0.3, -0.25) is 4.79 Å². The Balaban J connectivity index is 1.45. The number of fused-ring (bicyclic) bond motifs is 3. The number of aromatic nitrogens is 1. The van der Waals surface area contributed by atoms with Crippen LogP contribution >= 0.6 is 0 Å². The zero-order chi connectivity index (χ0) is 23.8. The van der Waals surface area contributed by atoms with E-state index in [0.717, 1.165) is 64.3 Å². The number of hydrogen-bond donors (Lipinski definition) is 2. The number of aryl methyl sites for hydroxylation is 2. The van der Waals surface area contributed by atoms with Gasteiger partial charge < -0.3 is 15.0 Å². The smallest absolute Gasteiger partial charge is 0.406 e. The van der Waals surface area contributed by atoms with Gasteiger partial charge in [0.1, 0.15) is 5.75 Å². The summed E-state index contributed by atoms with van der Waals surface area (Å²) < 4.78 is 67.5. The Morgan fingerprint density at radius 1 is 1.12 bits per heavy atom. The fourth-order valence-corrected chi connectivity index (χ4v) is 5.11. The highest BCUT2D eigenvalue weighted by Crippen LogP contribution is 2.31. The molecule has 176 valence electrons. The highest BCUT2D eigenvalue weighted by molar-refractivity contribution is 7.89. The largest absolute Gasteiger partial charge is 0.573 e. The fraction of sp³-hybridized carbons (Fsp3) is 0.318. The van der Waals surface area contributed by atoms with Crippen LogP contribution in [0.15, 0.2) is 47.4 Å². The highest BCUT2D eigenvalue weighted by Gasteiger charge is 2.31. The number of H-pyrrole nitrogens is 1. The minimum absolute atomic E-state index is 0.0892. The molecular weight excluding hydrogens is 459 g/mol. The van der Waals surface area contributed by atoms with Crippen molar-refractivity contribution in [3.8, 4) is 5.75 Å². The second kappa shape index (κ2) is 8.71. The molecule has 0 unspecified atom stereocenters. The first-order valence-electron chi connectivity index (χ1n) is 10.3. The molecule has 0 fully saturated rings. The van der Waals surface area contributed by atoms with E-state index >= 15 is 0 Å². The number of benzene rings is 2. The van der Waals surface area contributed by atoms with Gasteiger partial charge in [0.05, 0.1) is 11.4 Å². The van der Waals surface area contributed by atoms with E-state index in [0.29, 0.717) is 0 Å². The molecule has 1 heterocycles. The van der Waals surface area contributed by atoms with E-state index in [-0.39, 0.29) is 10.6 Å². The molecule has 0 atom stereocenters. The number of anilines is 1. The average Bonchev–Trinajstić information content (AvgIpc) is 3.12. The predicted octanol–water partition coefficient (Wildman–Crippen LogP) is 4.20. The van der Waals surface area contributed by atoms with E-state index in [2.05, 4.69) is 15.0 Å². The molecule has 7 nitrogen and oxygen atoms in total. The lowest BCUT2D eigenvalue weighted by atomic mass is 9.96. The van der Waals surface area contributed by atoms with E-state index in [1.54, 1.807) is 12.1 Å². The number of ether oxygens (including phenoxy) is 1. The van der Waals surface area contributed by atoms with E-state index in [4.69, 9.17) is 0 Å². The van der Waals surface area contributed by atoms with Crippen molar-refractivity contribution in [1.29, 1.82) is 0 Å². The quantitative estimate of drug-likeness (QED) is 0.552. The number of sulfonamides is 1. The summed E-state index contributed by atoms with van der Waals surface area (Å²) in [6.07, 6.45) is -0.828. The maximum atomic E-state index is 13.0. The molecule has 2 aromatic carbocycles. The molecule has 0 bridgehead atoms. The monoisotopic (exact) mass is 481 g/mol. The lowest BCUT2D eigenvalue weighted by Crippen LogP contribution is -2.34. The first-order valence-corrected chi connectivity index (χ1v) is 11.7. The highest BCUT2D eigenvalue weighted by atomic mass is 32.2. The number of nitrogens with one attached hydrogen (secondary N) is 2. The molecule has 1 amide bonds. The van der Waals surface area contributed by atoms with Gasteiger partial charge in [-0.25, -0.2) is 8.42 Å². The molecule has 0 saturated heterocycles. The van der Waals surface area contributed by atoms with Crippen molar-refractivity contribution in [2.24, 2.45) is 0 Å². The van der Waals surface area contributed by atoms with Gasteiger partial charge in [-0.1, -0.05) is 0 Å². The van der Waals surface area contributed by atoms with Crippen molar-refractivity contribution in [2.75, 3.05) is 18.9 Å². The maximum absolute atomic E-state index is 13.0. The van der Waals surface area contributed by atoms with Crippen molar-refractivity contribution < 1.29 is 31.1 Å². The number of carbonyl (C=O) groups is 1. The van der Waals surface area contributed by atoms with Gasteiger partial charge in [-0.2, -0.15) is 4.31 Å². The molecular formula is C22H22F3N3O4S. The summed E-state index contributed by atoms with van der Waals surface area (Å²) in [4.78, 5) is 15.8. The Kier molecular flexibility index (Phi) is 6.10. The summed E-state index contributed by atoms with van der Waals surface area (Å²) in [6, 6.07) is 9.45. The van der Waals surface area contributed by atoms with Crippen LogP contribution in [-0.4, -0.2) is 43.6 Å².